The third kappa shape index (κ3) is 8.83. The van der Waals surface area contributed by atoms with Crippen molar-refractivity contribution in [3.05, 3.63) is 0 Å². The summed E-state index contributed by atoms with van der Waals surface area (Å²) in [5.41, 5.74) is 0. The zero-order valence-corrected chi connectivity index (χ0v) is 12.0. The molecule has 4 heteroatoms. The molecule has 0 rings (SSSR count). The summed E-state index contributed by atoms with van der Waals surface area (Å²) in [4.78, 5) is 0. The summed E-state index contributed by atoms with van der Waals surface area (Å²) in [6.45, 7) is 0. The second kappa shape index (κ2) is 17.1. The monoisotopic (exact) mass is 646 g/mol. The molecular weight excluding hydrogens is 645 g/mol. The Kier molecular flexibility index (Phi) is 67.9. The Bertz CT molecular complexity index is 8.00. The average Bonchev–Trinajstić information content (AvgIpc) is 1.00. The van der Waals surface area contributed by atoms with E-state index in [0.717, 1.165) is 23.7 Å². The first kappa shape index (κ1) is 15.9. The van der Waals surface area contributed by atoms with E-state index in [1.54, 1.807) is 0 Å². The van der Waals surface area contributed by atoms with Crippen LogP contribution in [0.2, 0.25) is 0 Å². The van der Waals surface area contributed by atoms with Crippen molar-refractivity contribution in [2.24, 2.45) is 0 Å². The van der Waals surface area contributed by atoms with Crippen LogP contribution < -0.4 is 0 Å². The van der Waals surface area contributed by atoms with Crippen molar-refractivity contribution in [2.45, 2.75) is 0 Å². The maximum absolute atomic E-state index is 4.22. The van der Waals surface area contributed by atoms with E-state index in [4.69, 9.17) is 0 Å². The van der Waals surface area contributed by atoms with Crippen molar-refractivity contribution < 1.29 is 22.4 Å². The van der Waals surface area contributed by atoms with Gasteiger partial charge in [0.15, 0.2) is 0 Å². The summed E-state index contributed by atoms with van der Waals surface area (Å²) < 4.78 is 0. The molecular formula is AuBiPbS. The Balaban J connectivity index is -0.00000000500. The molecule has 0 spiro atoms. The van der Waals surface area contributed by atoms with E-state index in [1.165, 1.54) is 0 Å². The van der Waals surface area contributed by atoms with E-state index in [9.17, 15) is 0 Å². The van der Waals surface area contributed by atoms with E-state index in [2.05, 4.69) is 8.65 Å². The summed E-state index contributed by atoms with van der Waals surface area (Å²) in [5.74, 6) is 0. The standard InChI is InChI=1S/Au.Bi.Pb.S. The Hall–Kier alpha value is 2.77. The molecule has 0 aliphatic heterocycles. The summed E-state index contributed by atoms with van der Waals surface area (Å²) in [7, 11) is 4.22. The van der Waals surface area contributed by atoms with Crippen molar-refractivity contribution in [2.75, 3.05) is 0 Å². The van der Waals surface area contributed by atoms with Gasteiger partial charge in [-0.1, -0.05) is 0 Å². The second-order valence-electron chi connectivity index (χ2n) is 0. The second-order valence-corrected chi connectivity index (χ2v) is 0. The van der Waals surface area contributed by atoms with Crippen molar-refractivity contribution in [3.8, 4) is 0 Å². The van der Waals surface area contributed by atoms with Crippen LogP contribution in [-0.4, -0.2) is 49.9 Å². The minimum absolute atomic E-state index is 0. The molecule has 0 aromatic carbocycles. The third-order valence-corrected chi connectivity index (χ3v) is 0. The summed E-state index contributed by atoms with van der Waals surface area (Å²) >= 11 is 0.889. The van der Waals surface area contributed by atoms with Crippen molar-refractivity contribution >= 4 is 58.5 Å². The van der Waals surface area contributed by atoms with Crippen LogP contribution in [0.1, 0.15) is 0 Å². The molecule has 0 nitrogen and oxygen atoms in total. The molecule has 0 bridgehead atoms. The molecule has 0 fully saturated rings. The maximum atomic E-state index is 4.22. The Morgan fingerprint density at radius 3 is 1.25 bits per heavy atom. The van der Waals surface area contributed by atoms with Crippen molar-refractivity contribution in [1.29, 1.82) is 0 Å². The molecule has 0 amide bonds. The molecule has 0 saturated carbocycles. The molecule has 0 aromatic heterocycles. The first-order valence-electron chi connectivity index (χ1n) is 0.204. The predicted octanol–water partition coefficient (Wildman–Crippen LogP) is -0.116. The predicted molar refractivity (Wildman–Crippen MR) is 19.1 cm³/mol. The van der Waals surface area contributed by atoms with E-state index in [0.29, 0.717) is 0 Å². The molecule has 0 aromatic rings. The number of hydrogen-bond donors (Lipinski definition) is 0. The van der Waals surface area contributed by atoms with Gasteiger partial charge in [-0.2, -0.15) is 0 Å². The fraction of sp³-hybridized carbons (Fsp3) is 0. The zero-order valence-electron chi connectivity index (χ0n) is 1.66. The molecule has 0 aliphatic carbocycles. The van der Waals surface area contributed by atoms with Crippen LogP contribution in [-0.2, 0) is 22.4 Å². The molecule has 0 heterocycles. The molecule has 4 heavy (non-hydrogen) atoms. The van der Waals surface area contributed by atoms with Crippen molar-refractivity contribution in [3.63, 3.8) is 0 Å². The van der Waals surface area contributed by atoms with Crippen LogP contribution >= 0.6 is 8.65 Å². The zero-order chi connectivity index (χ0) is 2.00. The number of rotatable bonds is 0. The summed E-state index contributed by atoms with van der Waals surface area (Å²) in [6.07, 6.45) is 0. The van der Waals surface area contributed by atoms with Gasteiger partial charge in [-0.05, 0) is 0 Å². The minimum atomic E-state index is 0. The van der Waals surface area contributed by atoms with E-state index >= 15 is 0 Å². The third-order valence-electron chi connectivity index (χ3n) is 0. The summed E-state index contributed by atoms with van der Waals surface area (Å²) in [6, 6.07) is 0. The molecule has 6 radical (unpaired) electrons. The van der Waals surface area contributed by atoms with Crippen LogP contribution in [0.5, 0.6) is 0 Å². The fourth-order valence-electron chi connectivity index (χ4n) is 0. The normalized spacial score (nSPS) is 1.00. The SMILES string of the molecule is [Au].[Bi].[S]=[Pb]. The molecule has 0 aliphatic rings. The van der Waals surface area contributed by atoms with Gasteiger partial charge in [0.05, 0.1) is 0 Å². The van der Waals surface area contributed by atoms with Crippen LogP contribution in [0.25, 0.3) is 0 Å². The number of hydrogen-bond acceptors (Lipinski definition) is 1. The van der Waals surface area contributed by atoms with Gasteiger partial charge in [0.2, 0.25) is 0 Å². The summed E-state index contributed by atoms with van der Waals surface area (Å²) in [5, 5.41) is 0. The van der Waals surface area contributed by atoms with Gasteiger partial charge < -0.3 is 0 Å². The van der Waals surface area contributed by atoms with E-state index in [1.807, 2.05) is 0 Å². The molecule has 0 unspecified atom stereocenters. The Morgan fingerprint density at radius 2 is 1.25 bits per heavy atom. The molecule has 26 valence electrons. The quantitative estimate of drug-likeness (QED) is 0.332. The van der Waals surface area contributed by atoms with Gasteiger partial charge in [0, 0.05) is 48.6 Å². The molecule has 0 saturated heterocycles. The Labute approximate surface area is 79.3 Å². The van der Waals surface area contributed by atoms with E-state index in [-0.39, 0.29) is 48.6 Å². The first-order chi connectivity index (χ1) is 1.00. The fourth-order valence-corrected chi connectivity index (χ4v) is 0. The molecule has 0 N–H and O–H groups in total. The van der Waals surface area contributed by atoms with Crippen molar-refractivity contribution in [1.82, 2.24) is 0 Å². The first-order valence-corrected chi connectivity index (χ1v) is 5.37. The molecule has 0 atom stereocenters. The Morgan fingerprint density at radius 1 is 1.25 bits per heavy atom. The van der Waals surface area contributed by atoms with Gasteiger partial charge in [0.25, 0.3) is 0 Å². The topological polar surface area (TPSA) is 0 Å². The van der Waals surface area contributed by atoms with Gasteiger partial charge >= 0.3 is 32.3 Å². The van der Waals surface area contributed by atoms with Gasteiger partial charge in [-0.25, -0.2) is 0 Å². The van der Waals surface area contributed by atoms with Crippen LogP contribution in [0.4, 0.5) is 0 Å². The van der Waals surface area contributed by atoms with Gasteiger partial charge in [0.1, 0.15) is 0 Å². The van der Waals surface area contributed by atoms with Crippen LogP contribution in [0, 0.1) is 0 Å². The van der Waals surface area contributed by atoms with Gasteiger partial charge in [-0.15, -0.1) is 0 Å². The average molecular weight is 645 g/mol. The van der Waals surface area contributed by atoms with Crippen LogP contribution in [0.15, 0.2) is 0 Å². The van der Waals surface area contributed by atoms with Crippen LogP contribution in [0.3, 0.4) is 0 Å². The van der Waals surface area contributed by atoms with E-state index < -0.39 is 0 Å². The van der Waals surface area contributed by atoms with Gasteiger partial charge in [-0.3, -0.25) is 0 Å².